The Kier molecular flexibility index (Phi) is 4.47. The molecule has 6 nitrogen and oxygen atoms in total. The van der Waals surface area contributed by atoms with E-state index in [1.165, 1.54) is 0 Å². The number of nitro groups is 1. The molecule has 2 rings (SSSR count). The van der Waals surface area contributed by atoms with E-state index in [0.29, 0.717) is 6.54 Å². The number of nitro benzene ring substituents is 1. The van der Waals surface area contributed by atoms with Crippen LogP contribution in [0.3, 0.4) is 0 Å². The van der Waals surface area contributed by atoms with Gasteiger partial charge in [-0.05, 0) is 12.6 Å². The van der Waals surface area contributed by atoms with Gasteiger partial charge in [-0.25, -0.2) is 0 Å². The summed E-state index contributed by atoms with van der Waals surface area (Å²) in [5.74, 6) is 0. The average Bonchev–Trinajstić information content (AvgIpc) is 2.42. The quantitative estimate of drug-likeness (QED) is 0.644. The first-order valence-corrected chi connectivity index (χ1v) is 6.49. The van der Waals surface area contributed by atoms with Gasteiger partial charge in [-0.2, -0.15) is 0 Å². The predicted molar refractivity (Wildman–Crippen MR) is 74.0 cm³/mol. The van der Waals surface area contributed by atoms with E-state index in [1.54, 1.807) is 12.1 Å². The minimum absolute atomic E-state index is 0.123. The highest BCUT2D eigenvalue weighted by molar-refractivity contribution is 5.34. The summed E-state index contributed by atoms with van der Waals surface area (Å²) >= 11 is 0. The fourth-order valence-corrected chi connectivity index (χ4v) is 2.45. The Morgan fingerprint density at radius 2 is 1.84 bits per heavy atom. The molecule has 1 aromatic carbocycles. The molecule has 1 atom stereocenters. The SMILES string of the molecule is CN1CCN(C(CN)c2ccc([N+](=O)[O-])cc2)CC1. The normalized spacial score (nSPS) is 19.3. The summed E-state index contributed by atoms with van der Waals surface area (Å²) in [6.07, 6.45) is 0. The van der Waals surface area contributed by atoms with E-state index in [-0.39, 0.29) is 16.7 Å². The molecule has 0 spiro atoms. The van der Waals surface area contributed by atoms with Crippen molar-refractivity contribution in [3.8, 4) is 0 Å². The molecule has 104 valence electrons. The van der Waals surface area contributed by atoms with E-state index >= 15 is 0 Å². The number of benzene rings is 1. The van der Waals surface area contributed by atoms with Crippen LogP contribution >= 0.6 is 0 Å². The lowest BCUT2D eigenvalue weighted by molar-refractivity contribution is -0.384. The maximum absolute atomic E-state index is 10.7. The van der Waals surface area contributed by atoms with E-state index in [1.807, 2.05) is 12.1 Å². The van der Waals surface area contributed by atoms with Gasteiger partial charge in [0.25, 0.3) is 5.69 Å². The Balaban J connectivity index is 2.10. The lowest BCUT2D eigenvalue weighted by Gasteiger charge is -2.37. The largest absolute Gasteiger partial charge is 0.329 e. The zero-order chi connectivity index (χ0) is 13.8. The van der Waals surface area contributed by atoms with Gasteiger partial charge in [0, 0.05) is 50.9 Å². The van der Waals surface area contributed by atoms with E-state index < -0.39 is 0 Å². The standard InChI is InChI=1S/C13H20N4O2/c1-15-6-8-16(9-7-15)13(10-14)11-2-4-12(5-3-11)17(18)19/h2-5,13H,6-10,14H2,1H3. The molecule has 1 aliphatic rings. The topological polar surface area (TPSA) is 75.6 Å². The monoisotopic (exact) mass is 264 g/mol. The fraction of sp³-hybridized carbons (Fsp3) is 0.538. The summed E-state index contributed by atoms with van der Waals surface area (Å²) in [7, 11) is 2.11. The van der Waals surface area contributed by atoms with Crippen molar-refractivity contribution in [1.82, 2.24) is 9.80 Å². The summed E-state index contributed by atoms with van der Waals surface area (Å²) in [6, 6.07) is 6.87. The lowest BCUT2D eigenvalue weighted by atomic mass is 10.0. The third-order valence-corrected chi connectivity index (χ3v) is 3.69. The van der Waals surface area contributed by atoms with Gasteiger partial charge >= 0.3 is 0 Å². The Labute approximate surface area is 112 Å². The zero-order valence-corrected chi connectivity index (χ0v) is 11.2. The van der Waals surface area contributed by atoms with Crippen molar-refractivity contribution < 1.29 is 4.92 Å². The number of piperazine rings is 1. The molecule has 6 heteroatoms. The third kappa shape index (κ3) is 3.28. The molecule has 19 heavy (non-hydrogen) atoms. The van der Waals surface area contributed by atoms with E-state index in [9.17, 15) is 10.1 Å². The third-order valence-electron chi connectivity index (χ3n) is 3.69. The number of likely N-dealkylation sites (N-methyl/N-ethyl adjacent to an activating group) is 1. The van der Waals surface area contributed by atoms with Crippen LogP contribution in [0.4, 0.5) is 5.69 Å². The van der Waals surface area contributed by atoms with Crippen molar-refractivity contribution >= 4 is 5.69 Å². The molecule has 0 radical (unpaired) electrons. The number of hydrogen-bond acceptors (Lipinski definition) is 5. The van der Waals surface area contributed by atoms with Crippen LogP contribution in [0.5, 0.6) is 0 Å². The van der Waals surface area contributed by atoms with Gasteiger partial charge in [0.15, 0.2) is 0 Å². The molecule has 1 fully saturated rings. The summed E-state index contributed by atoms with van der Waals surface area (Å²) in [4.78, 5) is 14.9. The highest BCUT2D eigenvalue weighted by Gasteiger charge is 2.23. The summed E-state index contributed by atoms with van der Waals surface area (Å²) in [5, 5.41) is 10.7. The number of nitrogens with two attached hydrogens (primary N) is 1. The first-order chi connectivity index (χ1) is 9.11. The van der Waals surface area contributed by atoms with E-state index in [0.717, 1.165) is 31.7 Å². The van der Waals surface area contributed by atoms with Crippen LogP contribution in [0, 0.1) is 10.1 Å². The van der Waals surface area contributed by atoms with Gasteiger partial charge in [-0.3, -0.25) is 15.0 Å². The average molecular weight is 264 g/mol. The van der Waals surface area contributed by atoms with Crippen LogP contribution in [-0.4, -0.2) is 54.5 Å². The molecule has 0 aromatic heterocycles. The smallest absolute Gasteiger partial charge is 0.269 e. The molecular weight excluding hydrogens is 244 g/mol. The van der Waals surface area contributed by atoms with Crippen molar-refractivity contribution in [2.24, 2.45) is 5.73 Å². The van der Waals surface area contributed by atoms with Gasteiger partial charge in [0.2, 0.25) is 0 Å². The molecule has 1 unspecified atom stereocenters. The molecule has 0 saturated carbocycles. The Bertz CT molecular complexity index is 427. The van der Waals surface area contributed by atoms with E-state index in [4.69, 9.17) is 5.73 Å². The Hall–Kier alpha value is -1.50. The van der Waals surface area contributed by atoms with Gasteiger partial charge in [0.05, 0.1) is 4.92 Å². The van der Waals surface area contributed by atoms with Crippen molar-refractivity contribution in [3.05, 3.63) is 39.9 Å². The van der Waals surface area contributed by atoms with Gasteiger partial charge in [-0.15, -0.1) is 0 Å². The number of rotatable bonds is 4. The molecule has 0 amide bonds. The fourth-order valence-electron chi connectivity index (χ4n) is 2.45. The van der Waals surface area contributed by atoms with Gasteiger partial charge in [0.1, 0.15) is 0 Å². The summed E-state index contributed by atoms with van der Waals surface area (Å²) < 4.78 is 0. The molecule has 1 aliphatic heterocycles. The lowest BCUT2D eigenvalue weighted by Crippen LogP contribution is -2.47. The Morgan fingerprint density at radius 3 is 2.32 bits per heavy atom. The molecule has 1 aromatic rings. The Morgan fingerprint density at radius 1 is 1.26 bits per heavy atom. The minimum Gasteiger partial charge on any atom is -0.329 e. The second-order valence-electron chi connectivity index (χ2n) is 4.94. The first kappa shape index (κ1) is 13.9. The summed E-state index contributed by atoms with van der Waals surface area (Å²) in [5.41, 5.74) is 7.06. The summed E-state index contributed by atoms with van der Waals surface area (Å²) in [6.45, 7) is 4.55. The number of nitrogens with zero attached hydrogens (tertiary/aromatic N) is 3. The van der Waals surface area contributed by atoms with Gasteiger partial charge in [-0.1, -0.05) is 12.1 Å². The second kappa shape index (κ2) is 6.10. The number of hydrogen-bond donors (Lipinski definition) is 1. The molecule has 0 aliphatic carbocycles. The van der Waals surface area contributed by atoms with Crippen LogP contribution in [0.15, 0.2) is 24.3 Å². The van der Waals surface area contributed by atoms with Crippen LogP contribution in [-0.2, 0) is 0 Å². The number of non-ortho nitro benzene ring substituents is 1. The maximum atomic E-state index is 10.7. The second-order valence-corrected chi connectivity index (χ2v) is 4.94. The van der Waals surface area contributed by atoms with Crippen molar-refractivity contribution in [2.75, 3.05) is 39.8 Å². The first-order valence-electron chi connectivity index (χ1n) is 6.49. The van der Waals surface area contributed by atoms with Crippen LogP contribution < -0.4 is 5.73 Å². The van der Waals surface area contributed by atoms with Crippen LogP contribution in [0.25, 0.3) is 0 Å². The van der Waals surface area contributed by atoms with Crippen LogP contribution in [0.1, 0.15) is 11.6 Å². The van der Waals surface area contributed by atoms with E-state index in [2.05, 4.69) is 16.8 Å². The molecule has 0 bridgehead atoms. The zero-order valence-electron chi connectivity index (χ0n) is 11.2. The predicted octanol–water partition coefficient (Wildman–Crippen LogP) is 0.842. The van der Waals surface area contributed by atoms with Crippen molar-refractivity contribution in [2.45, 2.75) is 6.04 Å². The van der Waals surface area contributed by atoms with Crippen molar-refractivity contribution in [1.29, 1.82) is 0 Å². The molecule has 1 heterocycles. The highest BCUT2D eigenvalue weighted by Crippen LogP contribution is 2.23. The van der Waals surface area contributed by atoms with Gasteiger partial charge < -0.3 is 10.6 Å². The van der Waals surface area contributed by atoms with Crippen molar-refractivity contribution in [3.63, 3.8) is 0 Å². The molecule has 2 N–H and O–H groups in total. The maximum Gasteiger partial charge on any atom is 0.269 e. The van der Waals surface area contributed by atoms with Crippen LogP contribution in [0.2, 0.25) is 0 Å². The molecular formula is C13H20N4O2. The molecule has 1 saturated heterocycles. The minimum atomic E-state index is -0.378. The highest BCUT2D eigenvalue weighted by atomic mass is 16.6.